The summed E-state index contributed by atoms with van der Waals surface area (Å²) in [5, 5.41) is 20.6. The fraction of sp³-hybridized carbons (Fsp3) is 0.125. The predicted molar refractivity (Wildman–Crippen MR) is 78.8 cm³/mol. The van der Waals surface area contributed by atoms with Crippen LogP contribution in [0.3, 0.4) is 0 Å². The van der Waals surface area contributed by atoms with E-state index in [1.54, 1.807) is 0 Å². The van der Waals surface area contributed by atoms with Gasteiger partial charge in [0, 0.05) is 0 Å². The number of carbonyl (C=O) groups is 2. The lowest BCUT2D eigenvalue weighted by Gasteiger charge is -2.13. The number of phenolic OH excluding ortho intramolecular Hbond substituents is 1. The quantitative estimate of drug-likeness (QED) is 0.746. The minimum absolute atomic E-state index is 0.171. The molecule has 0 aliphatic rings. The van der Waals surface area contributed by atoms with E-state index in [4.69, 9.17) is 5.11 Å². The number of carboxylic acid groups (broad SMARTS) is 1. The predicted octanol–water partition coefficient (Wildman–Crippen LogP) is 3.29. The molecule has 0 saturated heterocycles. The highest BCUT2D eigenvalue weighted by molar-refractivity contribution is 6.06. The first-order chi connectivity index (χ1) is 11.2. The molecule has 1 amide bonds. The van der Waals surface area contributed by atoms with Gasteiger partial charge in [0.05, 0.1) is 23.2 Å². The van der Waals surface area contributed by atoms with Crippen LogP contribution < -0.4 is 5.32 Å². The third-order valence-corrected chi connectivity index (χ3v) is 3.14. The molecule has 0 unspecified atom stereocenters. The Labute approximate surface area is 134 Å². The maximum atomic E-state index is 12.9. The van der Waals surface area contributed by atoms with Gasteiger partial charge in [-0.3, -0.25) is 9.59 Å². The number of carboxylic acids is 1. The zero-order valence-corrected chi connectivity index (χ0v) is 12.1. The van der Waals surface area contributed by atoms with Gasteiger partial charge in [0.25, 0.3) is 5.91 Å². The topological polar surface area (TPSA) is 86.6 Å². The van der Waals surface area contributed by atoms with Crippen LogP contribution in [0.2, 0.25) is 0 Å². The van der Waals surface area contributed by atoms with Crippen LogP contribution in [-0.4, -0.2) is 22.1 Å². The van der Waals surface area contributed by atoms with Crippen molar-refractivity contribution in [3.8, 4) is 5.75 Å². The van der Waals surface area contributed by atoms with Crippen LogP contribution in [0, 0.1) is 0 Å². The second kappa shape index (κ2) is 6.61. The molecule has 0 fully saturated rings. The largest absolute Gasteiger partial charge is 0.506 e. The Morgan fingerprint density at radius 3 is 2.38 bits per heavy atom. The summed E-state index contributed by atoms with van der Waals surface area (Å²) in [6.07, 6.45) is -5.07. The second-order valence-corrected chi connectivity index (χ2v) is 4.92. The van der Waals surface area contributed by atoms with Gasteiger partial charge < -0.3 is 15.5 Å². The minimum Gasteiger partial charge on any atom is -0.506 e. The van der Waals surface area contributed by atoms with Gasteiger partial charge in [-0.15, -0.1) is 0 Å². The molecular formula is C16H12F3NO4. The van der Waals surface area contributed by atoms with E-state index < -0.39 is 29.2 Å². The Balaban J connectivity index is 2.32. The van der Waals surface area contributed by atoms with Crippen molar-refractivity contribution < 1.29 is 33.0 Å². The van der Waals surface area contributed by atoms with Gasteiger partial charge in [-0.05, 0) is 29.8 Å². The van der Waals surface area contributed by atoms with Crippen LogP contribution in [0.5, 0.6) is 5.75 Å². The van der Waals surface area contributed by atoms with Crippen LogP contribution in [0.1, 0.15) is 21.5 Å². The molecule has 0 spiro atoms. The van der Waals surface area contributed by atoms with Crippen molar-refractivity contribution in [3.05, 3.63) is 59.2 Å². The third kappa shape index (κ3) is 4.03. The summed E-state index contributed by atoms with van der Waals surface area (Å²) < 4.78 is 38.8. The number of rotatable bonds is 4. The van der Waals surface area contributed by atoms with E-state index in [9.17, 15) is 27.9 Å². The molecule has 0 aliphatic carbocycles. The molecule has 0 saturated carbocycles. The average Bonchev–Trinajstić information content (AvgIpc) is 2.49. The van der Waals surface area contributed by atoms with Crippen LogP contribution in [0.25, 0.3) is 0 Å². The number of nitrogens with one attached hydrogen (secondary N) is 1. The summed E-state index contributed by atoms with van der Waals surface area (Å²) in [7, 11) is 0. The summed E-state index contributed by atoms with van der Waals surface area (Å²) in [5.74, 6) is -2.58. The van der Waals surface area contributed by atoms with Crippen molar-refractivity contribution in [1.82, 2.24) is 0 Å². The number of hydrogen-bond donors (Lipinski definition) is 3. The van der Waals surface area contributed by atoms with Crippen molar-refractivity contribution in [3.63, 3.8) is 0 Å². The summed E-state index contributed by atoms with van der Waals surface area (Å²) in [6.45, 7) is 0. The molecule has 0 heterocycles. The smallest absolute Gasteiger partial charge is 0.417 e. The van der Waals surface area contributed by atoms with Crippen molar-refractivity contribution in [1.29, 1.82) is 0 Å². The average molecular weight is 339 g/mol. The molecule has 2 rings (SSSR count). The van der Waals surface area contributed by atoms with Crippen molar-refractivity contribution in [2.24, 2.45) is 0 Å². The first kappa shape index (κ1) is 17.3. The third-order valence-electron chi connectivity index (χ3n) is 3.14. The molecule has 2 aromatic rings. The van der Waals surface area contributed by atoms with Gasteiger partial charge in [-0.25, -0.2) is 0 Å². The van der Waals surface area contributed by atoms with Crippen molar-refractivity contribution >= 4 is 17.6 Å². The zero-order valence-electron chi connectivity index (χ0n) is 12.1. The van der Waals surface area contributed by atoms with E-state index in [0.717, 1.165) is 24.3 Å². The maximum Gasteiger partial charge on any atom is 0.417 e. The molecule has 2 aromatic carbocycles. The number of aromatic hydroxyl groups is 1. The van der Waals surface area contributed by atoms with Gasteiger partial charge in [-0.1, -0.05) is 18.2 Å². The van der Waals surface area contributed by atoms with E-state index in [1.807, 2.05) is 0 Å². The standard InChI is InChI=1S/C16H12F3NO4/c17-16(18,19)11-4-2-1-3-10(11)15(24)20-12-7-9(8-14(22)23)5-6-13(12)21/h1-7,21H,8H2,(H,20,24)(H,22,23). The Morgan fingerprint density at radius 1 is 1.08 bits per heavy atom. The first-order valence-electron chi connectivity index (χ1n) is 6.69. The lowest BCUT2D eigenvalue weighted by Crippen LogP contribution is -2.18. The van der Waals surface area contributed by atoms with E-state index in [0.29, 0.717) is 0 Å². The summed E-state index contributed by atoms with van der Waals surface area (Å²) >= 11 is 0. The second-order valence-electron chi connectivity index (χ2n) is 4.92. The molecule has 0 aliphatic heterocycles. The normalized spacial score (nSPS) is 11.1. The molecular weight excluding hydrogens is 327 g/mol. The van der Waals surface area contributed by atoms with E-state index in [1.165, 1.54) is 18.2 Å². The number of amides is 1. The molecule has 5 nitrogen and oxygen atoms in total. The van der Waals surface area contributed by atoms with Crippen molar-refractivity contribution in [2.45, 2.75) is 12.6 Å². The molecule has 0 atom stereocenters. The molecule has 8 heteroatoms. The molecule has 126 valence electrons. The van der Waals surface area contributed by atoms with E-state index in [2.05, 4.69) is 5.32 Å². The number of carbonyl (C=O) groups excluding carboxylic acids is 1. The lowest BCUT2D eigenvalue weighted by atomic mass is 10.1. The van der Waals surface area contributed by atoms with Crippen LogP contribution in [0.15, 0.2) is 42.5 Å². The van der Waals surface area contributed by atoms with E-state index >= 15 is 0 Å². The van der Waals surface area contributed by atoms with Gasteiger partial charge in [-0.2, -0.15) is 13.2 Å². The number of hydrogen-bond acceptors (Lipinski definition) is 3. The van der Waals surface area contributed by atoms with E-state index in [-0.39, 0.29) is 23.4 Å². The summed E-state index contributed by atoms with van der Waals surface area (Å²) in [5.41, 5.74) is -1.60. The van der Waals surface area contributed by atoms with Gasteiger partial charge in [0.15, 0.2) is 0 Å². The molecule has 0 bridgehead atoms. The van der Waals surface area contributed by atoms with Crippen LogP contribution >= 0.6 is 0 Å². The number of halogens is 3. The number of aliphatic carboxylic acids is 1. The highest BCUT2D eigenvalue weighted by Gasteiger charge is 2.34. The Morgan fingerprint density at radius 2 is 1.75 bits per heavy atom. The summed E-state index contributed by atoms with van der Waals surface area (Å²) in [4.78, 5) is 22.8. The molecule has 24 heavy (non-hydrogen) atoms. The SMILES string of the molecule is O=C(O)Cc1ccc(O)c(NC(=O)c2ccccc2C(F)(F)F)c1. The fourth-order valence-corrected chi connectivity index (χ4v) is 2.09. The van der Waals surface area contributed by atoms with Crippen molar-refractivity contribution in [2.75, 3.05) is 5.32 Å². The maximum absolute atomic E-state index is 12.9. The Bertz CT molecular complexity index is 787. The van der Waals surface area contributed by atoms with Gasteiger partial charge >= 0.3 is 12.1 Å². The number of anilines is 1. The summed E-state index contributed by atoms with van der Waals surface area (Å²) in [6, 6.07) is 7.91. The van der Waals surface area contributed by atoms with Crippen LogP contribution in [-0.2, 0) is 17.4 Å². The van der Waals surface area contributed by atoms with Gasteiger partial charge in [0.1, 0.15) is 5.75 Å². The molecule has 0 aromatic heterocycles. The highest BCUT2D eigenvalue weighted by Crippen LogP contribution is 2.33. The Hall–Kier alpha value is -3.03. The first-order valence-corrected chi connectivity index (χ1v) is 6.69. The van der Waals surface area contributed by atoms with Crippen LogP contribution in [0.4, 0.5) is 18.9 Å². The molecule has 3 N–H and O–H groups in total. The Kier molecular flexibility index (Phi) is 4.77. The number of alkyl halides is 3. The zero-order chi connectivity index (χ0) is 17.9. The molecule has 0 radical (unpaired) electrons. The number of phenols is 1. The lowest BCUT2D eigenvalue weighted by molar-refractivity contribution is -0.138. The number of benzene rings is 2. The highest BCUT2D eigenvalue weighted by atomic mass is 19.4. The fourth-order valence-electron chi connectivity index (χ4n) is 2.09. The monoisotopic (exact) mass is 339 g/mol. The minimum atomic E-state index is -4.71. The van der Waals surface area contributed by atoms with Gasteiger partial charge in [0.2, 0.25) is 0 Å².